The number of aryl methyl sites for hydroxylation is 1. The molecule has 4 nitrogen and oxygen atoms in total. The number of ether oxygens (including phenoxy) is 1. The number of hydrogen-bond acceptors (Lipinski definition) is 4. The van der Waals surface area contributed by atoms with Crippen molar-refractivity contribution in [3.63, 3.8) is 0 Å². The van der Waals surface area contributed by atoms with Crippen LogP contribution in [0.15, 0.2) is 38.1 Å². The van der Waals surface area contributed by atoms with Gasteiger partial charge in [-0.25, -0.2) is 4.79 Å². The van der Waals surface area contributed by atoms with Crippen molar-refractivity contribution in [1.29, 1.82) is 0 Å². The maximum atomic E-state index is 11.4. The largest absolute Gasteiger partial charge is 0.489 e. The number of hydrogen-bond donors (Lipinski definition) is 0. The monoisotopic (exact) mass is 298 g/mol. The van der Waals surface area contributed by atoms with E-state index < -0.39 is 0 Å². The normalized spacial score (nSPS) is 15.9. The summed E-state index contributed by atoms with van der Waals surface area (Å²) < 4.78 is 16.9. The molecule has 114 valence electrons. The van der Waals surface area contributed by atoms with Gasteiger partial charge in [0.15, 0.2) is 5.75 Å². The minimum atomic E-state index is -0.348. The molecular weight excluding hydrogens is 280 g/mol. The van der Waals surface area contributed by atoms with E-state index in [1.54, 1.807) is 12.3 Å². The molecule has 1 aromatic carbocycles. The van der Waals surface area contributed by atoms with Gasteiger partial charge in [0.05, 0.1) is 12.0 Å². The number of furan rings is 1. The van der Waals surface area contributed by atoms with Crippen molar-refractivity contribution in [3.05, 3.63) is 40.4 Å². The van der Waals surface area contributed by atoms with Gasteiger partial charge in [-0.3, -0.25) is 0 Å². The molecule has 0 amide bonds. The van der Waals surface area contributed by atoms with E-state index in [9.17, 15) is 4.79 Å². The lowest BCUT2D eigenvalue weighted by atomic mass is 10.1. The van der Waals surface area contributed by atoms with E-state index in [2.05, 4.69) is 0 Å². The van der Waals surface area contributed by atoms with E-state index in [4.69, 9.17) is 13.6 Å². The second kappa shape index (κ2) is 5.20. The molecule has 4 rings (SSSR count). The van der Waals surface area contributed by atoms with Crippen LogP contribution < -0.4 is 10.4 Å². The van der Waals surface area contributed by atoms with Crippen molar-refractivity contribution in [1.82, 2.24) is 0 Å². The van der Waals surface area contributed by atoms with Gasteiger partial charge in [-0.2, -0.15) is 0 Å². The Labute approximate surface area is 127 Å². The Balaban J connectivity index is 1.75. The van der Waals surface area contributed by atoms with Crippen LogP contribution in [0.5, 0.6) is 5.75 Å². The first-order valence-electron chi connectivity index (χ1n) is 7.80. The smallest absolute Gasteiger partial charge is 0.336 e. The quantitative estimate of drug-likeness (QED) is 0.672. The van der Waals surface area contributed by atoms with Crippen molar-refractivity contribution in [2.45, 2.75) is 32.6 Å². The molecule has 2 aromatic heterocycles. The van der Waals surface area contributed by atoms with Crippen LogP contribution >= 0.6 is 0 Å². The highest BCUT2D eigenvalue weighted by molar-refractivity contribution is 5.99. The molecule has 22 heavy (non-hydrogen) atoms. The second-order valence-electron chi connectivity index (χ2n) is 6.11. The summed E-state index contributed by atoms with van der Waals surface area (Å²) in [6, 6.07) is 5.18. The fourth-order valence-corrected chi connectivity index (χ4v) is 3.37. The predicted molar refractivity (Wildman–Crippen MR) is 84.4 cm³/mol. The van der Waals surface area contributed by atoms with E-state index in [0.717, 1.165) is 34.3 Å². The summed E-state index contributed by atoms with van der Waals surface area (Å²) in [5, 5.41) is 1.83. The number of fused-ring (bicyclic) bond motifs is 2. The van der Waals surface area contributed by atoms with Crippen LogP contribution in [0.1, 0.15) is 31.2 Å². The topological polar surface area (TPSA) is 52.6 Å². The molecule has 0 bridgehead atoms. The fourth-order valence-electron chi connectivity index (χ4n) is 3.37. The van der Waals surface area contributed by atoms with Crippen molar-refractivity contribution in [3.8, 4) is 5.75 Å². The molecule has 0 radical (unpaired) electrons. The first kappa shape index (κ1) is 13.4. The Bertz CT molecular complexity index is 881. The average molecular weight is 298 g/mol. The van der Waals surface area contributed by atoms with Gasteiger partial charge in [0.25, 0.3) is 0 Å². The van der Waals surface area contributed by atoms with Gasteiger partial charge in [0.1, 0.15) is 17.4 Å². The maximum Gasteiger partial charge on any atom is 0.336 e. The first-order chi connectivity index (χ1) is 10.7. The highest BCUT2D eigenvalue weighted by Crippen LogP contribution is 2.35. The second-order valence-corrected chi connectivity index (χ2v) is 6.11. The van der Waals surface area contributed by atoms with Crippen LogP contribution in [-0.2, 0) is 0 Å². The van der Waals surface area contributed by atoms with Gasteiger partial charge in [-0.05, 0) is 37.8 Å². The molecule has 1 fully saturated rings. The summed E-state index contributed by atoms with van der Waals surface area (Å²) in [7, 11) is 0. The van der Waals surface area contributed by atoms with Crippen LogP contribution in [0.2, 0.25) is 0 Å². The fraction of sp³-hybridized carbons (Fsp3) is 0.389. The summed E-state index contributed by atoms with van der Waals surface area (Å²) in [5.41, 5.74) is 1.79. The third-order valence-corrected chi connectivity index (χ3v) is 4.59. The Morgan fingerprint density at radius 1 is 1.23 bits per heavy atom. The zero-order valence-corrected chi connectivity index (χ0v) is 12.6. The van der Waals surface area contributed by atoms with Crippen molar-refractivity contribution < 1.29 is 13.6 Å². The zero-order chi connectivity index (χ0) is 15.1. The molecule has 0 saturated heterocycles. The average Bonchev–Trinajstić information content (AvgIpc) is 3.16. The van der Waals surface area contributed by atoms with E-state index in [1.807, 2.05) is 13.0 Å². The lowest BCUT2D eigenvalue weighted by Gasteiger charge is -2.10. The molecule has 0 spiro atoms. The lowest BCUT2D eigenvalue weighted by molar-refractivity contribution is 0.252. The van der Waals surface area contributed by atoms with Crippen molar-refractivity contribution in [2.75, 3.05) is 6.61 Å². The van der Waals surface area contributed by atoms with Crippen LogP contribution in [0.3, 0.4) is 0 Å². The summed E-state index contributed by atoms with van der Waals surface area (Å²) in [6.45, 7) is 2.65. The molecular formula is C18H18O4. The summed E-state index contributed by atoms with van der Waals surface area (Å²) >= 11 is 0. The van der Waals surface area contributed by atoms with Crippen LogP contribution in [0.4, 0.5) is 0 Å². The van der Waals surface area contributed by atoms with E-state index in [0.29, 0.717) is 11.5 Å². The Kier molecular flexibility index (Phi) is 3.17. The molecule has 0 unspecified atom stereocenters. The van der Waals surface area contributed by atoms with E-state index >= 15 is 0 Å². The molecule has 1 saturated carbocycles. The van der Waals surface area contributed by atoms with Gasteiger partial charge < -0.3 is 13.6 Å². The van der Waals surface area contributed by atoms with Crippen LogP contribution in [-0.4, -0.2) is 6.61 Å². The third-order valence-electron chi connectivity index (χ3n) is 4.59. The molecule has 0 N–H and O–H groups in total. The molecule has 4 heteroatoms. The van der Waals surface area contributed by atoms with Gasteiger partial charge in [-0.15, -0.1) is 0 Å². The lowest BCUT2D eigenvalue weighted by Crippen LogP contribution is -2.07. The zero-order valence-electron chi connectivity index (χ0n) is 12.6. The molecule has 3 aromatic rings. The Morgan fingerprint density at radius 2 is 2.05 bits per heavy atom. The van der Waals surface area contributed by atoms with Crippen molar-refractivity contribution in [2.24, 2.45) is 5.92 Å². The molecule has 2 heterocycles. The highest BCUT2D eigenvalue weighted by atomic mass is 16.5. The van der Waals surface area contributed by atoms with Gasteiger partial charge in [0, 0.05) is 17.0 Å². The van der Waals surface area contributed by atoms with Crippen LogP contribution in [0.25, 0.3) is 21.9 Å². The van der Waals surface area contributed by atoms with Crippen LogP contribution in [0, 0.1) is 12.8 Å². The molecule has 0 aliphatic heterocycles. The standard InChI is InChI=1S/C18H18O4/c1-11-17-13(6-7-16(19)22-17)8-14-15(10-21-18(11)14)20-9-12-4-2-3-5-12/h6-8,10,12H,2-5,9H2,1H3. The highest BCUT2D eigenvalue weighted by Gasteiger charge is 2.18. The molecule has 1 aliphatic carbocycles. The predicted octanol–water partition coefficient (Wildman–Crippen LogP) is 4.42. The first-order valence-corrected chi connectivity index (χ1v) is 7.80. The number of benzene rings is 1. The minimum Gasteiger partial charge on any atom is -0.489 e. The van der Waals surface area contributed by atoms with Gasteiger partial charge >= 0.3 is 5.63 Å². The summed E-state index contributed by atoms with van der Waals surface area (Å²) in [5.74, 6) is 1.43. The SMILES string of the molecule is Cc1c2oc(=O)ccc2cc2c(OCC3CCCC3)coc12. The Morgan fingerprint density at radius 3 is 2.86 bits per heavy atom. The maximum absolute atomic E-state index is 11.4. The summed E-state index contributed by atoms with van der Waals surface area (Å²) in [4.78, 5) is 11.4. The van der Waals surface area contributed by atoms with Gasteiger partial charge in [-0.1, -0.05) is 12.8 Å². The minimum absolute atomic E-state index is 0.348. The summed E-state index contributed by atoms with van der Waals surface area (Å²) in [6.07, 6.45) is 6.78. The van der Waals surface area contributed by atoms with E-state index in [1.165, 1.54) is 31.7 Å². The number of rotatable bonds is 3. The van der Waals surface area contributed by atoms with Crippen molar-refractivity contribution >= 4 is 21.9 Å². The van der Waals surface area contributed by atoms with E-state index in [-0.39, 0.29) is 5.63 Å². The molecule has 1 aliphatic rings. The Hall–Kier alpha value is -2.23. The third kappa shape index (κ3) is 2.19. The van der Waals surface area contributed by atoms with Gasteiger partial charge in [0.2, 0.25) is 0 Å². The molecule has 0 atom stereocenters.